The fourth-order valence-electron chi connectivity index (χ4n) is 2.22. The zero-order valence-corrected chi connectivity index (χ0v) is 16.1. The van der Waals surface area contributed by atoms with Crippen LogP contribution in [0.5, 0.6) is 0 Å². The van der Waals surface area contributed by atoms with E-state index in [0.29, 0.717) is 5.69 Å². The summed E-state index contributed by atoms with van der Waals surface area (Å²) < 4.78 is 0. The summed E-state index contributed by atoms with van der Waals surface area (Å²) in [5, 5.41) is 16.0. The Bertz CT molecular complexity index is 742. The maximum absolute atomic E-state index is 12.6. The average Bonchev–Trinajstić information content (AvgIpc) is 3.17. The van der Waals surface area contributed by atoms with Crippen molar-refractivity contribution in [2.75, 3.05) is 12.3 Å². The van der Waals surface area contributed by atoms with Gasteiger partial charge < -0.3 is 37.5 Å². The number of carboxylic acids is 1. The topological polar surface area (TPSA) is 222 Å². The SMILES string of the molecule is NCC(=O)NC(Cc1cnc[nH]1)C(=O)NC(CS)C(=O)NC(CC(N)=O)C(=O)O. The third kappa shape index (κ3) is 8.18. The molecule has 13 nitrogen and oxygen atoms in total. The molecular weight excluding hydrogens is 406 g/mol. The van der Waals surface area contributed by atoms with Gasteiger partial charge in [-0.25, -0.2) is 9.78 Å². The molecule has 1 heterocycles. The van der Waals surface area contributed by atoms with Crippen LogP contribution in [0.4, 0.5) is 0 Å². The van der Waals surface area contributed by atoms with E-state index in [0.717, 1.165) is 0 Å². The minimum absolute atomic E-state index is 0.0396. The largest absolute Gasteiger partial charge is 0.480 e. The molecule has 0 bridgehead atoms. The van der Waals surface area contributed by atoms with Crippen molar-refractivity contribution in [2.45, 2.75) is 31.0 Å². The van der Waals surface area contributed by atoms with Gasteiger partial charge in [-0.05, 0) is 0 Å². The van der Waals surface area contributed by atoms with Gasteiger partial charge in [0.2, 0.25) is 23.6 Å². The Hall–Kier alpha value is -3.13. The summed E-state index contributed by atoms with van der Waals surface area (Å²) in [4.78, 5) is 65.2. The predicted octanol–water partition coefficient (Wildman–Crippen LogP) is -3.74. The van der Waals surface area contributed by atoms with E-state index in [2.05, 4.69) is 38.5 Å². The van der Waals surface area contributed by atoms with Crippen molar-refractivity contribution in [1.29, 1.82) is 0 Å². The van der Waals surface area contributed by atoms with E-state index in [9.17, 15) is 24.0 Å². The van der Waals surface area contributed by atoms with Gasteiger partial charge in [0.05, 0.1) is 19.3 Å². The number of aliphatic carboxylic acids is 1. The average molecular weight is 429 g/mol. The van der Waals surface area contributed by atoms with E-state index < -0.39 is 54.1 Å². The number of imidazole rings is 1. The summed E-state index contributed by atoms with van der Waals surface area (Å²) in [5.41, 5.74) is 10.8. The maximum Gasteiger partial charge on any atom is 0.326 e. The molecule has 4 amide bonds. The zero-order valence-electron chi connectivity index (χ0n) is 15.3. The quantitative estimate of drug-likeness (QED) is 0.154. The van der Waals surface area contributed by atoms with Crippen LogP contribution in [0.1, 0.15) is 12.1 Å². The Morgan fingerprint density at radius 3 is 2.21 bits per heavy atom. The molecule has 1 aromatic heterocycles. The highest BCUT2D eigenvalue weighted by atomic mass is 32.1. The van der Waals surface area contributed by atoms with Gasteiger partial charge in [0.25, 0.3) is 0 Å². The second-order valence-corrected chi connectivity index (χ2v) is 6.28. The van der Waals surface area contributed by atoms with Crippen LogP contribution in [0.3, 0.4) is 0 Å². The lowest BCUT2D eigenvalue weighted by atomic mass is 10.1. The van der Waals surface area contributed by atoms with Gasteiger partial charge in [-0.15, -0.1) is 0 Å². The van der Waals surface area contributed by atoms with Gasteiger partial charge in [0, 0.05) is 24.1 Å². The lowest BCUT2D eigenvalue weighted by Gasteiger charge is -2.23. The summed E-state index contributed by atoms with van der Waals surface area (Å²) in [5.74, 6) is -4.77. The van der Waals surface area contributed by atoms with Crippen molar-refractivity contribution in [3.8, 4) is 0 Å². The Morgan fingerprint density at radius 2 is 1.72 bits per heavy atom. The number of hydrogen-bond donors (Lipinski definition) is 8. The molecule has 1 rings (SSSR count). The number of thiol groups is 1. The molecule has 0 saturated carbocycles. The Labute approximate surface area is 170 Å². The lowest BCUT2D eigenvalue weighted by molar-refractivity contribution is -0.143. The maximum atomic E-state index is 12.6. The van der Waals surface area contributed by atoms with Crippen LogP contribution in [0.15, 0.2) is 12.5 Å². The van der Waals surface area contributed by atoms with Crippen molar-refractivity contribution in [1.82, 2.24) is 25.9 Å². The number of H-pyrrole nitrogens is 1. The number of aromatic amines is 1. The lowest BCUT2D eigenvalue weighted by Crippen LogP contribution is -2.57. The number of nitrogens with one attached hydrogen (secondary N) is 4. The number of primary amides is 1. The molecule has 0 aliphatic heterocycles. The number of amides is 4. The van der Waals surface area contributed by atoms with Crippen LogP contribution in [0, 0.1) is 0 Å². The molecule has 0 radical (unpaired) electrons. The van der Waals surface area contributed by atoms with Crippen molar-refractivity contribution < 1.29 is 29.1 Å². The smallest absolute Gasteiger partial charge is 0.326 e. The molecule has 0 aliphatic carbocycles. The van der Waals surface area contributed by atoms with E-state index >= 15 is 0 Å². The van der Waals surface area contributed by atoms with Crippen molar-refractivity contribution >= 4 is 42.2 Å². The minimum Gasteiger partial charge on any atom is -0.480 e. The van der Waals surface area contributed by atoms with Crippen LogP contribution in [0.2, 0.25) is 0 Å². The predicted molar refractivity (Wildman–Crippen MR) is 102 cm³/mol. The first kappa shape index (κ1) is 23.9. The summed E-state index contributed by atoms with van der Waals surface area (Å²) in [7, 11) is 0. The molecule has 14 heteroatoms. The summed E-state index contributed by atoms with van der Waals surface area (Å²) in [6.07, 6.45) is 2.27. The molecule has 9 N–H and O–H groups in total. The standard InChI is InChI=1S/C15H23N7O6S/c16-3-12(24)20-8(1-7-4-18-6-19-7)13(25)22-10(5-29)14(26)21-9(15(27)28)2-11(17)23/h4,6,8-10,29H,1-3,5,16H2,(H2,17,23)(H,18,19)(H,20,24)(H,21,26)(H,22,25)(H,27,28). The van der Waals surface area contributed by atoms with Crippen molar-refractivity contribution in [3.63, 3.8) is 0 Å². The molecule has 3 unspecified atom stereocenters. The number of nitrogens with two attached hydrogens (primary N) is 2. The van der Waals surface area contributed by atoms with E-state index in [4.69, 9.17) is 16.6 Å². The molecule has 29 heavy (non-hydrogen) atoms. The molecule has 160 valence electrons. The molecule has 1 aromatic rings. The van der Waals surface area contributed by atoms with Gasteiger partial charge in [0.1, 0.15) is 18.1 Å². The third-order valence-electron chi connectivity index (χ3n) is 3.65. The van der Waals surface area contributed by atoms with Gasteiger partial charge >= 0.3 is 5.97 Å². The van der Waals surface area contributed by atoms with Gasteiger partial charge in [-0.3, -0.25) is 19.2 Å². The van der Waals surface area contributed by atoms with Crippen LogP contribution in [-0.2, 0) is 30.4 Å². The molecule has 3 atom stereocenters. The Kier molecular flexibility index (Phi) is 9.61. The first-order valence-electron chi connectivity index (χ1n) is 8.37. The van der Waals surface area contributed by atoms with Crippen LogP contribution >= 0.6 is 12.6 Å². The second kappa shape index (κ2) is 11.7. The number of nitrogens with zero attached hydrogens (tertiary/aromatic N) is 1. The monoisotopic (exact) mass is 429 g/mol. The number of rotatable bonds is 12. The number of carbonyl (C=O) groups excluding carboxylic acids is 4. The van der Waals surface area contributed by atoms with E-state index in [-0.39, 0.29) is 18.7 Å². The molecular formula is C15H23N7O6S. The molecule has 0 spiro atoms. The Morgan fingerprint density at radius 1 is 1.10 bits per heavy atom. The summed E-state index contributed by atoms with van der Waals surface area (Å²) in [6, 6.07) is -3.88. The van der Waals surface area contributed by atoms with Crippen molar-refractivity contribution in [3.05, 3.63) is 18.2 Å². The Balaban J connectivity index is 2.84. The highest BCUT2D eigenvalue weighted by Gasteiger charge is 2.29. The molecule has 0 saturated heterocycles. The van der Waals surface area contributed by atoms with E-state index in [1.165, 1.54) is 12.5 Å². The minimum atomic E-state index is -1.56. The normalized spacial score (nSPS) is 13.6. The second-order valence-electron chi connectivity index (χ2n) is 5.92. The first-order chi connectivity index (χ1) is 13.7. The number of carboxylic acid groups (broad SMARTS) is 1. The van der Waals surface area contributed by atoms with Crippen molar-refractivity contribution in [2.24, 2.45) is 11.5 Å². The van der Waals surface area contributed by atoms with Crippen LogP contribution in [0.25, 0.3) is 0 Å². The highest BCUT2D eigenvalue weighted by molar-refractivity contribution is 7.80. The molecule has 0 aliphatic rings. The van der Waals surface area contributed by atoms with Crippen LogP contribution in [-0.4, -0.2) is 75.1 Å². The summed E-state index contributed by atoms with van der Waals surface area (Å²) >= 11 is 3.98. The van der Waals surface area contributed by atoms with Gasteiger partial charge in [0.15, 0.2) is 0 Å². The molecule has 0 aromatic carbocycles. The fraction of sp³-hybridized carbons (Fsp3) is 0.467. The number of aromatic nitrogens is 2. The zero-order chi connectivity index (χ0) is 22.0. The third-order valence-corrected chi connectivity index (χ3v) is 4.02. The highest BCUT2D eigenvalue weighted by Crippen LogP contribution is 2.01. The van der Waals surface area contributed by atoms with E-state index in [1.807, 2.05) is 0 Å². The van der Waals surface area contributed by atoms with Gasteiger partial charge in [-0.1, -0.05) is 0 Å². The van der Waals surface area contributed by atoms with E-state index in [1.54, 1.807) is 0 Å². The molecule has 0 fully saturated rings. The summed E-state index contributed by atoms with van der Waals surface area (Å²) in [6.45, 7) is -0.351. The fourth-order valence-corrected chi connectivity index (χ4v) is 2.48. The van der Waals surface area contributed by atoms with Gasteiger partial charge in [-0.2, -0.15) is 12.6 Å². The number of hydrogen-bond acceptors (Lipinski definition) is 8. The van der Waals surface area contributed by atoms with Crippen LogP contribution < -0.4 is 27.4 Å². The first-order valence-corrected chi connectivity index (χ1v) is 9.00. The number of carbonyl (C=O) groups is 5.